The van der Waals surface area contributed by atoms with E-state index in [1.54, 1.807) is 0 Å². The van der Waals surface area contributed by atoms with Crippen molar-refractivity contribution in [1.29, 1.82) is 0 Å². The SMILES string of the molecule is OCCc1ccc(C#Cc2ccc(-c3ccc(Cl)cc3)cn2)cc1. The minimum absolute atomic E-state index is 0.162. The van der Waals surface area contributed by atoms with Crippen LogP contribution in [0.25, 0.3) is 11.1 Å². The van der Waals surface area contributed by atoms with E-state index in [1.807, 2.05) is 66.9 Å². The standard InChI is InChI=1S/C21H16ClNO/c22-20-9-6-18(7-10-20)19-8-12-21(23-15-19)11-5-16-1-3-17(4-2-16)13-14-24/h1-4,6-10,12,15,24H,13-14H2. The van der Waals surface area contributed by atoms with Gasteiger partial charge in [-0.3, -0.25) is 0 Å². The molecule has 1 aromatic heterocycles. The maximum atomic E-state index is 8.92. The van der Waals surface area contributed by atoms with Crippen molar-refractivity contribution in [3.63, 3.8) is 0 Å². The molecule has 118 valence electrons. The van der Waals surface area contributed by atoms with Crippen LogP contribution in [0.15, 0.2) is 66.9 Å². The molecule has 0 saturated heterocycles. The topological polar surface area (TPSA) is 33.1 Å². The van der Waals surface area contributed by atoms with Gasteiger partial charge in [-0.2, -0.15) is 0 Å². The maximum Gasteiger partial charge on any atom is 0.113 e. The highest BCUT2D eigenvalue weighted by Crippen LogP contribution is 2.20. The molecule has 0 fully saturated rings. The van der Waals surface area contributed by atoms with E-state index in [0.717, 1.165) is 33.0 Å². The molecule has 2 nitrogen and oxygen atoms in total. The first kappa shape index (κ1) is 16.3. The van der Waals surface area contributed by atoms with Crippen LogP contribution in [0.4, 0.5) is 0 Å². The Morgan fingerprint density at radius 2 is 1.54 bits per heavy atom. The molecule has 0 radical (unpaired) electrons. The quantitative estimate of drug-likeness (QED) is 0.723. The van der Waals surface area contributed by atoms with Gasteiger partial charge in [-0.1, -0.05) is 47.9 Å². The van der Waals surface area contributed by atoms with E-state index in [2.05, 4.69) is 16.8 Å². The highest BCUT2D eigenvalue weighted by atomic mass is 35.5. The lowest BCUT2D eigenvalue weighted by Gasteiger charge is -2.01. The fraction of sp³-hybridized carbons (Fsp3) is 0.0952. The number of rotatable bonds is 3. The molecule has 0 bridgehead atoms. The summed E-state index contributed by atoms with van der Waals surface area (Å²) in [7, 11) is 0. The normalized spacial score (nSPS) is 10.1. The fourth-order valence-electron chi connectivity index (χ4n) is 2.30. The lowest BCUT2D eigenvalue weighted by molar-refractivity contribution is 0.299. The molecule has 0 aliphatic rings. The number of nitrogens with zero attached hydrogens (tertiary/aromatic N) is 1. The van der Waals surface area contributed by atoms with Gasteiger partial charge in [0.25, 0.3) is 0 Å². The van der Waals surface area contributed by atoms with Crippen molar-refractivity contribution in [2.24, 2.45) is 0 Å². The van der Waals surface area contributed by atoms with E-state index in [1.165, 1.54) is 0 Å². The van der Waals surface area contributed by atoms with Crippen molar-refractivity contribution in [3.05, 3.63) is 88.7 Å². The molecular formula is C21H16ClNO. The zero-order valence-corrected chi connectivity index (χ0v) is 13.8. The molecular weight excluding hydrogens is 318 g/mol. The molecule has 0 aliphatic heterocycles. The van der Waals surface area contributed by atoms with Crippen molar-refractivity contribution < 1.29 is 5.11 Å². The number of hydrogen-bond donors (Lipinski definition) is 1. The lowest BCUT2D eigenvalue weighted by atomic mass is 10.1. The Labute approximate surface area is 146 Å². The molecule has 0 atom stereocenters. The molecule has 0 saturated carbocycles. The first-order valence-corrected chi connectivity index (χ1v) is 8.06. The Morgan fingerprint density at radius 1 is 0.833 bits per heavy atom. The van der Waals surface area contributed by atoms with Crippen molar-refractivity contribution in [1.82, 2.24) is 4.98 Å². The van der Waals surface area contributed by atoms with Crippen molar-refractivity contribution in [2.45, 2.75) is 6.42 Å². The minimum Gasteiger partial charge on any atom is -0.396 e. The molecule has 1 N–H and O–H groups in total. The average molecular weight is 334 g/mol. The van der Waals surface area contributed by atoms with E-state index in [4.69, 9.17) is 16.7 Å². The van der Waals surface area contributed by atoms with Gasteiger partial charge in [0, 0.05) is 29.0 Å². The van der Waals surface area contributed by atoms with Gasteiger partial charge in [-0.25, -0.2) is 4.98 Å². The zero-order chi connectivity index (χ0) is 16.8. The van der Waals surface area contributed by atoms with Crippen LogP contribution in [0.1, 0.15) is 16.8 Å². The number of aliphatic hydroxyl groups excluding tert-OH is 1. The van der Waals surface area contributed by atoms with E-state index in [9.17, 15) is 0 Å². The van der Waals surface area contributed by atoms with Gasteiger partial charge in [0.2, 0.25) is 0 Å². The maximum absolute atomic E-state index is 8.92. The third kappa shape index (κ3) is 4.23. The Morgan fingerprint density at radius 3 is 2.17 bits per heavy atom. The summed E-state index contributed by atoms with van der Waals surface area (Å²) in [5, 5.41) is 9.64. The van der Waals surface area contributed by atoms with Crippen LogP contribution in [0, 0.1) is 11.8 Å². The molecule has 3 heteroatoms. The Kier molecular flexibility index (Phi) is 5.28. The third-order valence-electron chi connectivity index (χ3n) is 3.63. The summed E-state index contributed by atoms with van der Waals surface area (Å²) >= 11 is 5.90. The summed E-state index contributed by atoms with van der Waals surface area (Å²) < 4.78 is 0. The molecule has 3 rings (SSSR count). The van der Waals surface area contributed by atoms with Gasteiger partial charge in [-0.05, 0) is 53.8 Å². The van der Waals surface area contributed by atoms with Gasteiger partial charge in [0.05, 0.1) is 0 Å². The number of pyridine rings is 1. The van der Waals surface area contributed by atoms with Crippen molar-refractivity contribution in [2.75, 3.05) is 6.61 Å². The molecule has 24 heavy (non-hydrogen) atoms. The first-order chi connectivity index (χ1) is 11.7. The molecule has 0 unspecified atom stereocenters. The second-order valence-electron chi connectivity index (χ2n) is 5.36. The van der Waals surface area contributed by atoms with Gasteiger partial charge in [0.1, 0.15) is 5.69 Å². The monoisotopic (exact) mass is 333 g/mol. The molecule has 0 amide bonds. The first-order valence-electron chi connectivity index (χ1n) is 7.68. The summed E-state index contributed by atoms with van der Waals surface area (Å²) in [6.07, 6.45) is 2.49. The number of aliphatic hydroxyl groups is 1. The van der Waals surface area contributed by atoms with Crippen LogP contribution in [-0.4, -0.2) is 16.7 Å². The predicted octanol–water partition coefficient (Wildman–Crippen LogP) is 4.34. The van der Waals surface area contributed by atoms with Crippen molar-refractivity contribution >= 4 is 11.6 Å². The van der Waals surface area contributed by atoms with Gasteiger partial charge < -0.3 is 5.11 Å². The van der Waals surface area contributed by atoms with E-state index in [0.29, 0.717) is 6.42 Å². The highest BCUT2D eigenvalue weighted by Gasteiger charge is 1.98. The van der Waals surface area contributed by atoms with Crippen LogP contribution >= 0.6 is 11.6 Å². The lowest BCUT2D eigenvalue weighted by Crippen LogP contribution is -1.89. The number of hydrogen-bond acceptors (Lipinski definition) is 2. The van der Waals surface area contributed by atoms with Crippen LogP contribution < -0.4 is 0 Å². The smallest absolute Gasteiger partial charge is 0.113 e. The number of benzene rings is 2. The van der Waals surface area contributed by atoms with Crippen LogP contribution in [0.2, 0.25) is 5.02 Å². The average Bonchev–Trinajstić information content (AvgIpc) is 2.63. The van der Waals surface area contributed by atoms with Gasteiger partial charge >= 0.3 is 0 Å². The summed E-state index contributed by atoms with van der Waals surface area (Å²) in [6, 6.07) is 19.5. The van der Waals surface area contributed by atoms with Gasteiger partial charge in [-0.15, -0.1) is 0 Å². The predicted molar refractivity (Wildman–Crippen MR) is 97.9 cm³/mol. The van der Waals surface area contributed by atoms with Crippen LogP contribution in [0.5, 0.6) is 0 Å². The van der Waals surface area contributed by atoms with Crippen LogP contribution in [0.3, 0.4) is 0 Å². The fourth-order valence-corrected chi connectivity index (χ4v) is 2.43. The third-order valence-corrected chi connectivity index (χ3v) is 3.88. The minimum atomic E-state index is 0.162. The van der Waals surface area contributed by atoms with E-state index in [-0.39, 0.29) is 6.61 Å². The number of halogens is 1. The van der Waals surface area contributed by atoms with Crippen molar-refractivity contribution in [3.8, 4) is 23.0 Å². The highest BCUT2D eigenvalue weighted by molar-refractivity contribution is 6.30. The molecule has 2 aromatic carbocycles. The summed E-state index contributed by atoms with van der Waals surface area (Å²) in [6.45, 7) is 0.162. The summed E-state index contributed by atoms with van der Waals surface area (Å²) in [4.78, 5) is 4.40. The van der Waals surface area contributed by atoms with Crippen LogP contribution in [-0.2, 0) is 6.42 Å². The number of aromatic nitrogens is 1. The molecule has 1 heterocycles. The zero-order valence-electron chi connectivity index (χ0n) is 13.0. The second-order valence-corrected chi connectivity index (χ2v) is 5.80. The summed E-state index contributed by atoms with van der Waals surface area (Å²) in [5.74, 6) is 6.17. The Balaban J connectivity index is 1.73. The van der Waals surface area contributed by atoms with Gasteiger partial charge in [0.15, 0.2) is 0 Å². The largest absolute Gasteiger partial charge is 0.396 e. The molecule has 0 spiro atoms. The summed E-state index contributed by atoms with van der Waals surface area (Å²) in [5.41, 5.74) is 4.87. The Bertz CT molecular complexity index is 857. The molecule has 0 aliphatic carbocycles. The second kappa shape index (κ2) is 7.79. The Hall–Kier alpha value is -2.60. The van der Waals surface area contributed by atoms with E-state index < -0.39 is 0 Å². The molecule has 3 aromatic rings. The van der Waals surface area contributed by atoms with E-state index >= 15 is 0 Å².